The Bertz CT molecular complexity index is 268. The van der Waals surface area contributed by atoms with Crippen LogP contribution >= 0.6 is 0 Å². The molecule has 20 heavy (non-hydrogen) atoms. The predicted molar refractivity (Wildman–Crippen MR) is 82.9 cm³/mol. The number of rotatable bonds is 11. The highest BCUT2D eigenvalue weighted by Crippen LogP contribution is 2.18. The van der Waals surface area contributed by atoms with Crippen LogP contribution in [0.25, 0.3) is 0 Å². The van der Waals surface area contributed by atoms with Crippen LogP contribution in [0.2, 0.25) is 0 Å². The summed E-state index contributed by atoms with van der Waals surface area (Å²) < 4.78 is 10.7. The Morgan fingerprint density at radius 1 is 1.20 bits per heavy atom. The van der Waals surface area contributed by atoms with Gasteiger partial charge in [-0.3, -0.25) is 10.1 Å². The van der Waals surface area contributed by atoms with E-state index < -0.39 is 5.54 Å². The minimum absolute atomic E-state index is 0.0342. The van der Waals surface area contributed by atoms with Crippen LogP contribution in [0.5, 0.6) is 0 Å². The van der Waals surface area contributed by atoms with Crippen molar-refractivity contribution in [2.45, 2.75) is 84.4 Å². The van der Waals surface area contributed by atoms with Crippen molar-refractivity contribution in [3.05, 3.63) is 0 Å². The third-order valence-electron chi connectivity index (χ3n) is 3.34. The lowest BCUT2D eigenvalue weighted by molar-refractivity contribution is -0.150. The third-order valence-corrected chi connectivity index (χ3v) is 3.34. The maximum absolute atomic E-state index is 12.0. The Morgan fingerprint density at radius 3 is 2.35 bits per heavy atom. The second-order valence-electron chi connectivity index (χ2n) is 6.07. The van der Waals surface area contributed by atoms with Gasteiger partial charge in [-0.2, -0.15) is 0 Å². The van der Waals surface area contributed by atoms with Crippen LogP contribution < -0.4 is 5.32 Å². The van der Waals surface area contributed by atoms with Gasteiger partial charge in [-0.15, -0.1) is 0 Å². The summed E-state index contributed by atoms with van der Waals surface area (Å²) >= 11 is 0. The molecule has 0 saturated carbocycles. The molecule has 0 aliphatic rings. The largest absolute Gasteiger partial charge is 0.468 e. The molecule has 2 unspecified atom stereocenters. The topological polar surface area (TPSA) is 47.6 Å². The Morgan fingerprint density at radius 2 is 1.85 bits per heavy atom. The van der Waals surface area contributed by atoms with E-state index in [1.54, 1.807) is 0 Å². The van der Waals surface area contributed by atoms with Gasteiger partial charge >= 0.3 is 5.97 Å². The van der Waals surface area contributed by atoms with Crippen molar-refractivity contribution in [1.82, 2.24) is 5.32 Å². The maximum Gasteiger partial charge on any atom is 0.325 e. The number of carbonyl (C=O) groups is 1. The van der Waals surface area contributed by atoms with Gasteiger partial charge in [-0.25, -0.2) is 0 Å². The molecule has 4 nitrogen and oxygen atoms in total. The molecule has 120 valence electrons. The van der Waals surface area contributed by atoms with Crippen LogP contribution in [-0.2, 0) is 14.3 Å². The van der Waals surface area contributed by atoms with Crippen LogP contribution in [-0.4, -0.2) is 37.4 Å². The lowest BCUT2D eigenvalue weighted by atomic mass is 9.93. The number of nitrogens with one attached hydrogen (secondary N) is 1. The molecule has 4 heteroatoms. The first-order valence-corrected chi connectivity index (χ1v) is 7.83. The molecular weight excluding hydrogens is 254 g/mol. The zero-order chi connectivity index (χ0) is 15.6. The fraction of sp³-hybridized carbons (Fsp3) is 0.938. The normalized spacial score (nSPS) is 15.9. The SMILES string of the molecule is CCCCCCOC(C)CC(C)(NC(C)C)C(=O)OC. The summed E-state index contributed by atoms with van der Waals surface area (Å²) in [6.45, 7) is 10.9. The molecule has 0 aliphatic carbocycles. The summed E-state index contributed by atoms with van der Waals surface area (Å²) in [7, 11) is 1.43. The van der Waals surface area contributed by atoms with Crippen molar-refractivity contribution in [2.75, 3.05) is 13.7 Å². The molecule has 2 atom stereocenters. The zero-order valence-corrected chi connectivity index (χ0v) is 14.1. The predicted octanol–water partition coefficient (Wildman–Crippen LogP) is 3.29. The van der Waals surface area contributed by atoms with E-state index in [1.165, 1.54) is 26.4 Å². The Balaban J connectivity index is 4.25. The second-order valence-corrected chi connectivity index (χ2v) is 6.07. The smallest absolute Gasteiger partial charge is 0.325 e. The van der Waals surface area contributed by atoms with Crippen molar-refractivity contribution in [2.24, 2.45) is 0 Å². The summed E-state index contributed by atoms with van der Waals surface area (Å²) in [6.07, 6.45) is 5.44. The van der Waals surface area contributed by atoms with Gasteiger partial charge < -0.3 is 9.47 Å². The maximum atomic E-state index is 12.0. The Hall–Kier alpha value is -0.610. The molecule has 0 saturated heterocycles. The highest BCUT2D eigenvalue weighted by Gasteiger charge is 2.36. The Kier molecular flexibility index (Phi) is 9.86. The van der Waals surface area contributed by atoms with E-state index in [-0.39, 0.29) is 18.1 Å². The van der Waals surface area contributed by atoms with Crippen LogP contribution in [0.1, 0.15) is 66.7 Å². The summed E-state index contributed by atoms with van der Waals surface area (Å²) in [5.41, 5.74) is -0.689. The first-order chi connectivity index (χ1) is 9.35. The van der Waals surface area contributed by atoms with E-state index in [2.05, 4.69) is 12.2 Å². The lowest BCUT2D eigenvalue weighted by Crippen LogP contribution is -2.54. The summed E-state index contributed by atoms with van der Waals surface area (Å²) in [4.78, 5) is 12.0. The van der Waals surface area contributed by atoms with E-state index in [4.69, 9.17) is 9.47 Å². The van der Waals surface area contributed by atoms with Crippen LogP contribution in [0.3, 0.4) is 0 Å². The fourth-order valence-corrected chi connectivity index (χ4v) is 2.51. The first-order valence-electron chi connectivity index (χ1n) is 7.83. The van der Waals surface area contributed by atoms with Gasteiger partial charge in [0.2, 0.25) is 0 Å². The Labute approximate surface area is 124 Å². The molecule has 0 rings (SSSR count). The van der Waals surface area contributed by atoms with Crippen molar-refractivity contribution >= 4 is 5.97 Å². The van der Waals surface area contributed by atoms with E-state index in [9.17, 15) is 4.79 Å². The number of unbranched alkanes of at least 4 members (excludes halogenated alkanes) is 3. The lowest BCUT2D eigenvalue weighted by Gasteiger charge is -2.32. The third kappa shape index (κ3) is 7.85. The van der Waals surface area contributed by atoms with E-state index >= 15 is 0 Å². The van der Waals surface area contributed by atoms with Crippen molar-refractivity contribution in [1.29, 1.82) is 0 Å². The molecule has 0 amide bonds. The number of hydrogen-bond acceptors (Lipinski definition) is 4. The molecule has 0 aromatic heterocycles. The van der Waals surface area contributed by atoms with Gasteiger partial charge in [0.15, 0.2) is 0 Å². The van der Waals surface area contributed by atoms with Gasteiger partial charge in [0.1, 0.15) is 5.54 Å². The summed E-state index contributed by atoms with van der Waals surface area (Å²) in [6, 6.07) is 0.218. The molecule has 0 aromatic rings. The van der Waals surface area contributed by atoms with Gasteiger partial charge in [-0.05, 0) is 34.1 Å². The average molecular weight is 287 g/mol. The number of esters is 1. The van der Waals surface area contributed by atoms with Crippen LogP contribution in [0.4, 0.5) is 0 Å². The summed E-state index contributed by atoms with van der Waals surface area (Å²) in [5, 5.41) is 3.29. The van der Waals surface area contributed by atoms with E-state index in [1.807, 2.05) is 27.7 Å². The number of ether oxygens (including phenoxy) is 2. The van der Waals surface area contributed by atoms with Gasteiger partial charge in [0.25, 0.3) is 0 Å². The monoisotopic (exact) mass is 287 g/mol. The quantitative estimate of drug-likeness (QED) is 0.468. The minimum Gasteiger partial charge on any atom is -0.468 e. The van der Waals surface area contributed by atoms with Gasteiger partial charge in [-0.1, -0.05) is 26.2 Å². The van der Waals surface area contributed by atoms with E-state index in [0.29, 0.717) is 6.42 Å². The molecule has 0 fully saturated rings. The second kappa shape index (κ2) is 10.2. The first kappa shape index (κ1) is 19.4. The molecule has 1 N–H and O–H groups in total. The molecule has 0 aromatic carbocycles. The van der Waals surface area contributed by atoms with E-state index in [0.717, 1.165) is 13.0 Å². The molecule has 0 spiro atoms. The zero-order valence-electron chi connectivity index (χ0n) is 14.1. The highest BCUT2D eigenvalue weighted by atomic mass is 16.5. The average Bonchev–Trinajstić information content (AvgIpc) is 2.36. The summed E-state index contributed by atoms with van der Waals surface area (Å²) in [5.74, 6) is -0.229. The molecule has 0 heterocycles. The number of carbonyl (C=O) groups excluding carboxylic acids is 1. The van der Waals surface area contributed by atoms with Crippen LogP contribution in [0.15, 0.2) is 0 Å². The fourth-order valence-electron chi connectivity index (χ4n) is 2.51. The van der Waals surface area contributed by atoms with Crippen LogP contribution in [0, 0.1) is 0 Å². The van der Waals surface area contributed by atoms with Crippen molar-refractivity contribution in [3.63, 3.8) is 0 Å². The van der Waals surface area contributed by atoms with Gasteiger partial charge in [0.05, 0.1) is 13.2 Å². The molecule has 0 radical (unpaired) electrons. The molecule has 0 aliphatic heterocycles. The number of methoxy groups -OCH3 is 1. The van der Waals surface area contributed by atoms with Crippen molar-refractivity contribution in [3.8, 4) is 0 Å². The standard InChI is InChI=1S/C16H33NO3/c1-7-8-9-10-11-20-14(4)12-16(5,15(18)19-6)17-13(2)3/h13-14,17H,7-12H2,1-6H3. The number of hydrogen-bond donors (Lipinski definition) is 1. The van der Waals surface area contributed by atoms with Crippen molar-refractivity contribution < 1.29 is 14.3 Å². The highest BCUT2D eigenvalue weighted by molar-refractivity contribution is 5.80. The molecule has 0 bridgehead atoms. The van der Waals surface area contributed by atoms with Gasteiger partial charge in [0, 0.05) is 19.1 Å². The molecular formula is C16H33NO3. The minimum atomic E-state index is -0.689.